The van der Waals surface area contributed by atoms with Gasteiger partial charge < -0.3 is 0 Å². The summed E-state index contributed by atoms with van der Waals surface area (Å²) in [5.41, 5.74) is 0. The van der Waals surface area contributed by atoms with Crippen LogP contribution in [0, 0.1) is 0 Å². The SMILES string of the molecule is Cl.O=C1CCCC(=O)N1n1cc2ccccc2c1. The molecule has 1 aromatic carbocycles. The van der Waals surface area contributed by atoms with Gasteiger partial charge in [-0.25, -0.2) is 0 Å². The second kappa shape index (κ2) is 4.82. The lowest BCUT2D eigenvalue weighted by molar-refractivity contribution is -0.131. The van der Waals surface area contributed by atoms with Crippen molar-refractivity contribution < 1.29 is 9.59 Å². The maximum absolute atomic E-state index is 11.8. The third-order valence-electron chi connectivity index (χ3n) is 3.02. The second-order valence-electron chi connectivity index (χ2n) is 4.22. The van der Waals surface area contributed by atoms with E-state index < -0.39 is 0 Å². The van der Waals surface area contributed by atoms with Gasteiger partial charge in [0.25, 0.3) is 0 Å². The molecule has 1 aromatic heterocycles. The lowest BCUT2D eigenvalue weighted by atomic mass is 10.1. The van der Waals surface area contributed by atoms with Crippen molar-refractivity contribution in [1.82, 2.24) is 4.68 Å². The second-order valence-corrected chi connectivity index (χ2v) is 4.22. The fourth-order valence-electron chi connectivity index (χ4n) is 2.18. The first-order chi connectivity index (χ1) is 8.25. The van der Waals surface area contributed by atoms with E-state index in [4.69, 9.17) is 0 Å². The van der Waals surface area contributed by atoms with Gasteiger partial charge in [-0.15, -0.1) is 12.4 Å². The van der Waals surface area contributed by atoms with E-state index in [1.807, 2.05) is 36.7 Å². The summed E-state index contributed by atoms with van der Waals surface area (Å²) in [5.74, 6) is -0.247. The molecule has 0 N–H and O–H groups in total. The molecule has 2 heterocycles. The van der Waals surface area contributed by atoms with Crippen molar-refractivity contribution in [2.75, 3.05) is 5.01 Å². The first-order valence-electron chi connectivity index (χ1n) is 5.68. The third-order valence-corrected chi connectivity index (χ3v) is 3.02. The fourth-order valence-corrected chi connectivity index (χ4v) is 2.18. The number of nitrogens with zero attached hydrogens (tertiary/aromatic N) is 2. The molecule has 0 bridgehead atoms. The zero-order valence-corrected chi connectivity index (χ0v) is 10.5. The number of aromatic nitrogens is 1. The molecule has 1 fully saturated rings. The number of amides is 2. The van der Waals surface area contributed by atoms with Crippen LogP contribution in [0.15, 0.2) is 36.7 Å². The number of fused-ring (bicyclic) bond motifs is 1. The maximum atomic E-state index is 11.8. The van der Waals surface area contributed by atoms with E-state index >= 15 is 0 Å². The Morgan fingerprint density at radius 1 is 0.889 bits per heavy atom. The van der Waals surface area contributed by atoms with E-state index in [9.17, 15) is 9.59 Å². The van der Waals surface area contributed by atoms with Crippen LogP contribution in [-0.4, -0.2) is 16.5 Å². The number of carbonyl (C=O) groups is 2. The molecule has 5 heteroatoms. The Morgan fingerprint density at radius 3 is 1.89 bits per heavy atom. The van der Waals surface area contributed by atoms with E-state index in [2.05, 4.69) is 0 Å². The van der Waals surface area contributed by atoms with Crippen LogP contribution in [0.4, 0.5) is 0 Å². The number of piperidine rings is 1. The quantitative estimate of drug-likeness (QED) is 0.742. The number of imide groups is 1. The standard InChI is InChI=1S/C13H12N2O2.ClH/c16-12-6-3-7-13(17)15(12)14-8-10-4-1-2-5-11(10)9-14;/h1-2,4-5,8-9H,3,6-7H2;1H. The first kappa shape index (κ1) is 12.6. The number of halogens is 1. The summed E-state index contributed by atoms with van der Waals surface area (Å²) in [6, 6.07) is 7.80. The molecule has 4 nitrogen and oxygen atoms in total. The van der Waals surface area contributed by atoms with Gasteiger partial charge in [-0.05, 0) is 6.42 Å². The van der Waals surface area contributed by atoms with E-state index in [1.165, 1.54) is 5.01 Å². The van der Waals surface area contributed by atoms with Gasteiger partial charge in [-0.1, -0.05) is 24.3 Å². The van der Waals surface area contributed by atoms with Gasteiger partial charge in [0.2, 0.25) is 11.8 Å². The predicted octanol–water partition coefficient (Wildman–Crippen LogP) is 2.24. The molecule has 94 valence electrons. The summed E-state index contributed by atoms with van der Waals surface area (Å²) in [4.78, 5) is 23.5. The molecule has 0 spiro atoms. The number of hydrogen-bond acceptors (Lipinski definition) is 2. The Hall–Kier alpha value is -1.81. The van der Waals surface area contributed by atoms with Crippen LogP contribution in [0.5, 0.6) is 0 Å². The largest absolute Gasteiger partial charge is 0.273 e. The van der Waals surface area contributed by atoms with Crippen LogP contribution in [-0.2, 0) is 9.59 Å². The molecule has 18 heavy (non-hydrogen) atoms. The Bertz CT molecular complexity index is 557. The lowest BCUT2D eigenvalue weighted by Gasteiger charge is -2.25. The van der Waals surface area contributed by atoms with Crippen molar-refractivity contribution in [3.05, 3.63) is 36.7 Å². The Labute approximate surface area is 111 Å². The first-order valence-corrected chi connectivity index (χ1v) is 5.68. The van der Waals surface area contributed by atoms with E-state index in [0.717, 1.165) is 10.8 Å². The van der Waals surface area contributed by atoms with Crippen LogP contribution in [0.3, 0.4) is 0 Å². The summed E-state index contributed by atoms with van der Waals surface area (Å²) in [5, 5.41) is 3.29. The fraction of sp³-hybridized carbons (Fsp3) is 0.231. The molecule has 0 aliphatic carbocycles. The molecule has 3 rings (SSSR count). The lowest BCUT2D eigenvalue weighted by Crippen LogP contribution is -2.47. The van der Waals surface area contributed by atoms with Crippen LogP contribution >= 0.6 is 12.4 Å². The van der Waals surface area contributed by atoms with Crippen molar-refractivity contribution in [3.63, 3.8) is 0 Å². The van der Waals surface area contributed by atoms with Crippen LogP contribution in [0.1, 0.15) is 19.3 Å². The van der Waals surface area contributed by atoms with Gasteiger partial charge in [0.15, 0.2) is 0 Å². The highest BCUT2D eigenvalue weighted by Crippen LogP contribution is 2.18. The van der Waals surface area contributed by atoms with Gasteiger partial charge in [0.1, 0.15) is 0 Å². The van der Waals surface area contributed by atoms with E-state index in [-0.39, 0.29) is 24.2 Å². The van der Waals surface area contributed by atoms with Crippen LogP contribution in [0.2, 0.25) is 0 Å². The highest BCUT2D eigenvalue weighted by molar-refractivity contribution is 6.10. The predicted molar refractivity (Wildman–Crippen MR) is 71.3 cm³/mol. The summed E-state index contributed by atoms with van der Waals surface area (Å²) < 4.78 is 1.61. The molecule has 2 amide bonds. The van der Waals surface area contributed by atoms with Crippen molar-refractivity contribution in [3.8, 4) is 0 Å². The average molecular weight is 265 g/mol. The molecule has 1 aliphatic rings. The highest BCUT2D eigenvalue weighted by Gasteiger charge is 2.27. The van der Waals surface area contributed by atoms with Gasteiger partial charge in [-0.3, -0.25) is 14.3 Å². The monoisotopic (exact) mass is 264 g/mol. The van der Waals surface area contributed by atoms with Crippen LogP contribution < -0.4 is 5.01 Å². The van der Waals surface area contributed by atoms with Crippen molar-refractivity contribution >= 4 is 35.0 Å². The molecule has 2 aromatic rings. The number of hydrogen-bond donors (Lipinski definition) is 0. The normalized spacial score (nSPS) is 15.9. The van der Waals surface area contributed by atoms with Gasteiger partial charge in [0, 0.05) is 36.0 Å². The minimum Gasteiger partial charge on any atom is -0.273 e. The Balaban J connectivity index is 0.00000120. The summed E-state index contributed by atoms with van der Waals surface area (Å²) in [6.45, 7) is 0. The summed E-state index contributed by atoms with van der Waals surface area (Å²) in [7, 11) is 0. The van der Waals surface area contributed by atoms with Gasteiger partial charge >= 0.3 is 0 Å². The molecule has 0 unspecified atom stereocenters. The Morgan fingerprint density at radius 2 is 1.39 bits per heavy atom. The molecular formula is C13H13ClN2O2. The van der Waals surface area contributed by atoms with Gasteiger partial charge in [0.05, 0.1) is 0 Å². The summed E-state index contributed by atoms with van der Waals surface area (Å²) in [6.07, 6.45) is 5.18. The zero-order valence-electron chi connectivity index (χ0n) is 9.70. The minimum absolute atomic E-state index is 0. The minimum atomic E-state index is -0.124. The Kier molecular flexibility index (Phi) is 3.39. The van der Waals surface area contributed by atoms with Crippen molar-refractivity contribution in [2.45, 2.75) is 19.3 Å². The highest BCUT2D eigenvalue weighted by atomic mass is 35.5. The number of rotatable bonds is 1. The average Bonchev–Trinajstić information content (AvgIpc) is 2.71. The smallest absolute Gasteiger partial charge is 0.248 e. The van der Waals surface area contributed by atoms with Crippen molar-refractivity contribution in [2.24, 2.45) is 0 Å². The molecule has 0 atom stereocenters. The van der Waals surface area contributed by atoms with Crippen LogP contribution in [0.25, 0.3) is 10.8 Å². The van der Waals surface area contributed by atoms with E-state index in [1.54, 1.807) is 4.68 Å². The topological polar surface area (TPSA) is 42.3 Å². The molecule has 0 saturated carbocycles. The third kappa shape index (κ3) is 1.99. The summed E-state index contributed by atoms with van der Waals surface area (Å²) >= 11 is 0. The number of carbonyl (C=O) groups excluding carboxylic acids is 2. The molecule has 1 saturated heterocycles. The number of benzene rings is 1. The zero-order chi connectivity index (χ0) is 11.8. The van der Waals surface area contributed by atoms with Crippen molar-refractivity contribution in [1.29, 1.82) is 0 Å². The maximum Gasteiger partial charge on any atom is 0.248 e. The molecular weight excluding hydrogens is 252 g/mol. The van der Waals surface area contributed by atoms with Gasteiger partial charge in [-0.2, -0.15) is 5.01 Å². The molecule has 0 radical (unpaired) electrons. The van der Waals surface area contributed by atoms with E-state index in [0.29, 0.717) is 19.3 Å². The molecule has 1 aliphatic heterocycles.